The monoisotopic (exact) mass is 686 g/mol. The summed E-state index contributed by atoms with van der Waals surface area (Å²) in [5, 5.41) is 3.12. The van der Waals surface area contributed by atoms with Crippen molar-refractivity contribution < 1.29 is 168 Å². The quantitative estimate of drug-likeness (QED) is 0.487. The molecule has 1 aromatic rings. The molecule has 1 unspecified atom stereocenters. The van der Waals surface area contributed by atoms with Crippen molar-refractivity contribution in [2.24, 2.45) is 4.99 Å². The van der Waals surface area contributed by atoms with Gasteiger partial charge in [0.1, 0.15) is 0 Å². The number of ketones is 1. The van der Waals surface area contributed by atoms with Crippen LogP contribution in [0.1, 0.15) is 37.9 Å². The van der Waals surface area contributed by atoms with E-state index in [1.54, 1.807) is 6.92 Å². The zero-order valence-corrected chi connectivity index (χ0v) is 28.2. The van der Waals surface area contributed by atoms with E-state index in [0.29, 0.717) is 0 Å². The van der Waals surface area contributed by atoms with Crippen molar-refractivity contribution in [3.8, 4) is 0 Å². The van der Waals surface area contributed by atoms with Crippen LogP contribution in [-0.4, -0.2) is 11.6 Å². The number of amidine groups is 1. The Bertz CT molecular complexity index is 555. The second kappa shape index (κ2) is 16.6. The summed E-state index contributed by atoms with van der Waals surface area (Å²) in [6, 6.07) is 8.87. The molecule has 0 spiro atoms. The van der Waals surface area contributed by atoms with E-state index in [9.17, 15) is 4.79 Å². The molecule has 5 radical (unpaired) electrons. The molecule has 2 rings (SSSR count). The van der Waals surface area contributed by atoms with Crippen LogP contribution >= 0.6 is 0 Å². The molecule has 0 saturated carbocycles. The normalized spacial score (nSPS) is 15.1. The molecule has 1 aliphatic rings. The number of carbonyl (C=O) groups is 1. The van der Waals surface area contributed by atoms with Gasteiger partial charge in [-0.05, 0) is 20.8 Å². The second-order valence-electron chi connectivity index (χ2n) is 4.64. The standard InChI is InChI=1S/C15H17N2O.5Y/c1-9-5-7-13(8-6-9)15-14(11(3)18)10(2)16-12(4)17-15;;;;;/h5,7-8,15H,1-4H3,(H,16,17);;;;;/q-1;;;;;. The number of aryl methyl sites for hydroxylation is 1. The van der Waals surface area contributed by atoms with Gasteiger partial charge in [0.25, 0.3) is 0 Å². The van der Waals surface area contributed by atoms with E-state index < -0.39 is 0 Å². The summed E-state index contributed by atoms with van der Waals surface area (Å²) in [6.07, 6.45) is 0. The molecule has 1 aliphatic heterocycles. The molecule has 0 bridgehead atoms. The maximum Gasteiger partial charge on any atom is 0.158 e. The van der Waals surface area contributed by atoms with E-state index in [0.717, 1.165) is 28.2 Å². The van der Waals surface area contributed by atoms with Crippen LogP contribution in [0.2, 0.25) is 0 Å². The minimum absolute atomic E-state index is 0. The number of carbonyl (C=O) groups excluding carboxylic acids is 1. The second-order valence-corrected chi connectivity index (χ2v) is 4.64. The summed E-state index contributed by atoms with van der Waals surface area (Å²) in [4.78, 5) is 16.3. The SMILES string of the molecule is CC(=O)C1=C(C)NC(C)=NC1c1c[c-]c(C)cc1.[Y].[Y].[Y].[Y].[Y]. The van der Waals surface area contributed by atoms with Crippen molar-refractivity contribution in [1.82, 2.24) is 5.32 Å². The van der Waals surface area contributed by atoms with Crippen LogP contribution in [-0.2, 0) is 168 Å². The number of hydrogen-bond donors (Lipinski definition) is 1. The van der Waals surface area contributed by atoms with Crippen molar-refractivity contribution in [1.29, 1.82) is 0 Å². The topological polar surface area (TPSA) is 41.5 Å². The molecule has 109 valence electrons. The number of rotatable bonds is 2. The van der Waals surface area contributed by atoms with Crippen molar-refractivity contribution in [3.63, 3.8) is 0 Å². The molecule has 0 fully saturated rings. The van der Waals surface area contributed by atoms with Crippen LogP contribution in [0.25, 0.3) is 0 Å². The average Bonchev–Trinajstić information content (AvgIpc) is 2.28. The van der Waals surface area contributed by atoms with Gasteiger partial charge in [0.15, 0.2) is 5.78 Å². The first-order valence-corrected chi connectivity index (χ1v) is 6.00. The van der Waals surface area contributed by atoms with Crippen molar-refractivity contribution in [2.45, 2.75) is 33.7 Å². The van der Waals surface area contributed by atoms with E-state index in [4.69, 9.17) is 0 Å². The van der Waals surface area contributed by atoms with Crippen LogP contribution in [0.5, 0.6) is 0 Å². The van der Waals surface area contributed by atoms with E-state index in [1.165, 1.54) is 0 Å². The number of Topliss-reactive ketones (excluding diaryl/α,β-unsaturated/α-hetero) is 1. The van der Waals surface area contributed by atoms with Crippen molar-refractivity contribution in [3.05, 3.63) is 46.7 Å². The van der Waals surface area contributed by atoms with Gasteiger partial charge >= 0.3 is 0 Å². The molecule has 23 heavy (non-hydrogen) atoms. The van der Waals surface area contributed by atoms with Gasteiger partial charge in [-0.2, -0.15) is 29.8 Å². The van der Waals surface area contributed by atoms with E-state index in [2.05, 4.69) is 16.4 Å². The molecule has 8 heteroatoms. The van der Waals surface area contributed by atoms with Crippen LogP contribution in [0.4, 0.5) is 0 Å². The zero-order valence-electron chi connectivity index (χ0n) is 14.1. The molecule has 0 saturated heterocycles. The molecular formula is C15H17N2OY5-. The summed E-state index contributed by atoms with van der Waals surface area (Å²) >= 11 is 0. The fourth-order valence-electron chi connectivity index (χ4n) is 2.22. The Kier molecular flexibility index (Phi) is 24.6. The Morgan fingerprint density at radius 1 is 1.09 bits per heavy atom. The van der Waals surface area contributed by atoms with Gasteiger partial charge in [-0.1, -0.05) is 6.92 Å². The molecule has 1 atom stereocenters. The first-order chi connectivity index (χ1) is 8.49. The molecule has 1 heterocycles. The summed E-state index contributed by atoms with van der Waals surface area (Å²) in [7, 11) is 0. The van der Waals surface area contributed by atoms with Crippen LogP contribution < -0.4 is 5.32 Å². The Labute approximate surface area is 265 Å². The molecule has 1 aromatic carbocycles. The number of nitrogens with zero attached hydrogens (tertiary/aromatic N) is 1. The maximum absolute atomic E-state index is 11.8. The molecular weight excluding hydrogens is 669 g/mol. The first kappa shape index (κ1) is 34.1. The van der Waals surface area contributed by atoms with Gasteiger partial charge < -0.3 is 5.32 Å². The fraction of sp³-hybridized carbons (Fsp3) is 0.333. The van der Waals surface area contributed by atoms with Gasteiger partial charge in [0, 0.05) is 175 Å². The van der Waals surface area contributed by atoms with E-state index in [-0.39, 0.29) is 175 Å². The predicted octanol–water partition coefficient (Wildman–Crippen LogP) is 2.71. The average molecular weight is 686 g/mol. The largest absolute Gasteiger partial charge is 0.348 e. The van der Waals surface area contributed by atoms with Crippen LogP contribution in [0.15, 0.2) is 34.5 Å². The predicted molar refractivity (Wildman–Crippen MR) is 72.4 cm³/mol. The smallest absolute Gasteiger partial charge is 0.158 e. The summed E-state index contributed by atoms with van der Waals surface area (Å²) in [5.74, 6) is 0.893. The molecule has 0 amide bonds. The number of nitrogens with one attached hydrogen (secondary N) is 1. The third kappa shape index (κ3) is 10.1. The zero-order chi connectivity index (χ0) is 13.3. The van der Waals surface area contributed by atoms with E-state index in [1.807, 2.05) is 39.0 Å². The molecule has 1 N–H and O–H groups in total. The Morgan fingerprint density at radius 3 is 2.09 bits per heavy atom. The van der Waals surface area contributed by atoms with Gasteiger partial charge in [-0.25, -0.2) is 0 Å². The maximum atomic E-state index is 11.8. The number of hydrogen-bond acceptors (Lipinski definition) is 3. The van der Waals surface area contributed by atoms with Gasteiger partial charge in [0.2, 0.25) is 0 Å². The van der Waals surface area contributed by atoms with Gasteiger partial charge in [-0.15, -0.1) is 5.56 Å². The van der Waals surface area contributed by atoms with Crippen molar-refractivity contribution >= 4 is 11.6 Å². The first-order valence-electron chi connectivity index (χ1n) is 6.00. The minimum Gasteiger partial charge on any atom is -0.348 e. The Morgan fingerprint density at radius 2 is 1.65 bits per heavy atom. The molecule has 0 aromatic heterocycles. The number of aliphatic imine (C=N–C) groups is 1. The number of benzene rings is 1. The fourth-order valence-corrected chi connectivity index (χ4v) is 2.22. The molecule has 3 nitrogen and oxygen atoms in total. The Hall–Kier alpha value is 3.62. The van der Waals surface area contributed by atoms with Crippen LogP contribution in [0.3, 0.4) is 0 Å². The van der Waals surface area contributed by atoms with Gasteiger partial charge in [0.05, 0.1) is 11.9 Å². The minimum atomic E-state index is -0.208. The third-order valence-corrected chi connectivity index (χ3v) is 3.06. The number of allylic oxidation sites excluding steroid dienone is 1. The summed E-state index contributed by atoms with van der Waals surface area (Å²) in [5.41, 5.74) is 3.71. The van der Waals surface area contributed by atoms with Crippen molar-refractivity contribution in [2.75, 3.05) is 0 Å². The Balaban J connectivity index is -0.000000361. The third-order valence-electron chi connectivity index (χ3n) is 3.06. The summed E-state index contributed by atoms with van der Waals surface area (Å²) < 4.78 is 0. The van der Waals surface area contributed by atoms with E-state index >= 15 is 0 Å². The summed E-state index contributed by atoms with van der Waals surface area (Å²) in [6.45, 7) is 7.40. The van der Waals surface area contributed by atoms with Gasteiger partial charge in [-0.3, -0.25) is 9.79 Å². The van der Waals surface area contributed by atoms with Crippen LogP contribution in [0, 0.1) is 13.0 Å². The molecule has 0 aliphatic carbocycles.